The normalized spacial score (nSPS) is 15.9. The Balaban J connectivity index is 1.84. The van der Waals surface area contributed by atoms with Crippen molar-refractivity contribution < 1.29 is 4.39 Å². The Kier molecular flexibility index (Phi) is 6.54. The Hall–Kier alpha value is -0.900. The van der Waals surface area contributed by atoms with Crippen molar-refractivity contribution >= 4 is 46.9 Å². The highest BCUT2D eigenvalue weighted by molar-refractivity contribution is 8.01. The van der Waals surface area contributed by atoms with E-state index in [9.17, 15) is 9.65 Å². The lowest BCUT2D eigenvalue weighted by Crippen LogP contribution is -2.29. The second kappa shape index (κ2) is 8.66. The van der Waals surface area contributed by atoms with E-state index in [1.54, 1.807) is 35.8 Å². The van der Waals surface area contributed by atoms with Crippen molar-refractivity contribution in [1.82, 2.24) is 4.31 Å². The average molecular weight is 413 g/mol. The second-order valence-electron chi connectivity index (χ2n) is 5.68. The van der Waals surface area contributed by atoms with Crippen LogP contribution < -0.4 is 0 Å². The molecule has 0 spiro atoms. The van der Waals surface area contributed by atoms with Gasteiger partial charge in [-0.2, -0.15) is 5.26 Å². The minimum atomic E-state index is -0.704. The van der Waals surface area contributed by atoms with Crippen molar-refractivity contribution in [1.29, 1.82) is 5.26 Å². The molecule has 0 amide bonds. The molecular formula is C18H15Cl2FN2S2. The van der Waals surface area contributed by atoms with Crippen LogP contribution >= 0.6 is 46.9 Å². The number of rotatable bonds is 4. The van der Waals surface area contributed by atoms with Gasteiger partial charge in [-0.3, -0.25) is 0 Å². The first-order chi connectivity index (χ1) is 12.0. The van der Waals surface area contributed by atoms with E-state index in [0.29, 0.717) is 41.5 Å². The summed E-state index contributed by atoms with van der Waals surface area (Å²) in [6.07, 6.45) is 0.402. The van der Waals surface area contributed by atoms with Crippen molar-refractivity contribution in [2.45, 2.75) is 33.7 Å². The lowest BCUT2D eigenvalue weighted by Gasteiger charge is -2.27. The Labute approximate surface area is 165 Å². The number of piperidine rings is 1. The van der Waals surface area contributed by atoms with Crippen molar-refractivity contribution in [3.63, 3.8) is 0 Å². The fourth-order valence-corrected chi connectivity index (χ4v) is 5.33. The van der Waals surface area contributed by atoms with Crippen LogP contribution in [-0.2, 0) is 0 Å². The molecule has 0 aliphatic carbocycles. The highest BCUT2D eigenvalue weighted by atomic mass is 35.5. The average Bonchev–Trinajstić information content (AvgIpc) is 2.57. The molecule has 0 N–H and O–H groups in total. The van der Waals surface area contributed by atoms with E-state index in [4.69, 9.17) is 23.2 Å². The monoisotopic (exact) mass is 412 g/mol. The lowest BCUT2D eigenvalue weighted by molar-refractivity contribution is 0.219. The second-order valence-corrected chi connectivity index (χ2v) is 8.80. The number of hydrogen-bond acceptors (Lipinski definition) is 4. The van der Waals surface area contributed by atoms with Gasteiger partial charge in [0.25, 0.3) is 0 Å². The molecule has 0 aromatic heterocycles. The third kappa shape index (κ3) is 5.29. The summed E-state index contributed by atoms with van der Waals surface area (Å²) in [5, 5.41) is 10.4. The third-order valence-corrected chi connectivity index (χ3v) is 6.52. The summed E-state index contributed by atoms with van der Waals surface area (Å²) in [6, 6.07) is 13.2. The third-order valence-electron chi connectivity index (χ3n) is 3.75. The molecule has 1 fully saturated rings. The van der Waals surface area contributed by atoms with E-state index in [2.05, 4.69) is 10.4 Å². The summed E-state index contributed by atoms with van der Waals surface area (Å²) in [4.78, 5) is 2.94. The number of hydrogen-bond donors (Lipinski definition) is 0. The van der Waals surface area contributed by atoms with E-state index in [1.807, 2.05) is 24.3 Å². The molecule has 2 aromatic rings. The first-order valence-corrected chi connectivity index (χ1v) is 10.1. The predicted molar refractivity (Wildman–Crippen MR) is 103 cm³/mol. The highest BCUT2D eigenvalue weighted by Gasteiger charge is 2.20. The maximum absolute atomic E-state index is 13.3. The zero-order valence-corrected chi connectivity index (χ0v) is 16.4. The van der Waals surface area contributed by atoms with Crippen LogP contribution in [0, 0.1) is 11.3 Å². The van der Waals surface area contributed by atoms with E-state index < -0.39 is 6.17 Å². The molecule has 0 bridgehead atoms. The highest BCUT2D eigenvalue weighted by Crippen LogP contribution is 2.39. The van der Waals surface area contributed by atoms with Gasteiger partial charge in [-0.05, 0) is 61.2 Å². The number of halogens is 3. The zero-order chi connectivity index (χ0) is 17.8. The molecule has 25 heavy (non-hydrogen) atoms. The van der Waals surface area contributed by atoms with Crippen molar-refractivity contribution in [2.24, 2.45) is 0 Å². The van der Waals surface area contributed by atoms with E-state index in [1.165, 1.54) is 0 Å². The molecule has 0 unspecified atom stereocenters. The van der Waals surface area contributed by atoms with Gasteiger partial charge in [0.1, 0.15) is 6.17 Å². The van der Waals surface area contributed by atoms with Gasteiger partial charge in [-0.25, -0.2) is 8.70 Å². The molecule has 1 saturated heterocycles. The molecular weight excluding hydrogens is 398 g/mol. The summed E-state index contributed by atoms with van der Waals surface area (Å²) < 4.78 is 15.5. The maximum atomic E-state index is 13.3. The van der Waals surface area contributed by atoms with Gasteiger partial charge in [-0.15, -0.1) is 0 Å². The molecule has 2 aromatic carbocycles. The first kappa shape index (κ1) is 18.9. The Morgan fingerprint density at radius 3 is 2.36 bits per heavy atom. The van der Waals surface area contributed by atoms with Gasteiger partial charge in [0.05, 0.1) is 11.6 Å². The minimum absolute atomic E-state index is 0.553. The van der Waals surface area contributed by atoms with Crippen LogP contribution in [0.2, 0.25) is 10.0 Å². The molecule has 7 heteroatoms. The van der Waals surface area contributed by atoms with Gasteiger partial charge in [-0.1, -0.05) is 35.0 Å². The standard InChI is InChI=1S/C18H15Cl2FN2S2/c19-13-8-14(20)10-16(9-13)24-17-2-1-12(11-22)7-18(17)25-23-5-3-15(21)4-6-23/h1-2,7-10,15H,3-6H2. The molecule has 0 radical (unpaired) electrons. The Bertz CT molecular complexity index is 782. The number of alkyl halides is 1. The summed E-state index contributed by atoms with van der Waals surface area (Å²) in [7, 11) is 0. The van der Waals surface area contributed by atoms with Crippen LogP contribution in [0.1, 0.15) is 18.4 Å². The van der Waals surface area contributed by atoms with E-state index in [0.717, 1.165) is 14.7 Å². The number of nitriles is 1. The quantitative estimate of drug-likeness (QED) is 0.538. The number of nitrogens with zero attached hydrogens (tertiary/aromatic N) is 2. The lowest BCUT2D eigenvalue weighted by atomic mass is 10.1. The topological polar surface area (TPSA) is 27.0 Å². The molecule has 1 heterocycles. The molecule has 2 nitrogen and oxygen atoms in total. The summed E-state index contributed by atoms with van der Waals surface area (Å²) in [5.41, 5.74) is 0.608. The Morgan fingerprint density at radius 1 is 1.04 bits per heavy atom. The number of benzene rings is 2. The van der Waals surface area contributed by atoms with Crippen molar-refractivity contribution in [3.8, 4) is 6.07 Å². The largest absolute Gasteiger partial charge is 0.247 e. The SMILES string of the molecule is N#Cc1ccc(Sc2cc(Cl)cc(Cl)c2)c(SN2CCC(F)CC2)c1. The van der Waals surface area contributed by atoms with Gasteiger partial charge in [0.2, 0.25) is 0 Å². The first-order valence-electron chi connectivity index (χ1n) is 7.78. The fourth-order valence-electron chi connectivity index (χ4n) is 2.50. The van der Waals surface area contributed by atoms with Crippen LogP contribution in [0.5, 0.6) is 0 Å². The molecule has 0 atom stereocenters. The van der Waals surface area contributed by atoms with Crippen LogP contribution in [-0.4, -0.2) is 23.6 Å². The van der Waals surface area contributed by atoms with Crippen molar-refractivity contribution in [3.05, 3.63) is 52.0 Å². The van der Waals surface area contributed by atoms with Gasteiger partial charge in [0, 0.05) is 37.8 Å². The molecule has 3 rings (SSSR count). The van der Waals surface area contributed by atoms with E-state index >= 15 is 0 Å². The maximum Gasteiger partial charge on any atom is 0.103 e. The van der Waals surface area contributed by atoms with Crippen molar-refractivity contribution in [2.75, 3.05) is 13.1 Å². The van der Waals surface area contributed by atoms with Crippen LogP contribution in [0.15, 0.2) is 51.1 Å². The van der Waals surface area contributed by atoms with E-state index in [-0.39, 0.29) is 0 Å². The fraction of sp³-hybridized carbons (Fsp3) is 0.278. The van der Waals surface area contributed by atoms with Gasteiger partial charge < -0.3 is 0 Å². The van der Waals surface area contributed by atoms with Gasteiger partial charge >= 0.3 is 0 Å². The summed E-state index contributed by atoms with van der Waals surface area (Å²) in [6.45, 7) is 1.41. The predicted octanol–water partition coefficient (Wildman–Crippen LogP) is 6.46. The van der Waals surface area contributed by atoms with Crippen LogP contribution in [0.3, 0.4) is 0 Å². The molecule has 130 valence electrons. The van der Waals surface area contributed by atoms with Crippen LogP contribution in [0.4, 0.5) is 4.39 Å². The molecule has 0 saturated carbocycles. The summed E-state index contributed by atoms with van der Waals surface area (Å²) in [5.74, 6) is 0. The smallest absolute Gasteiger partial charge is 0.103 e. The molecule has 1 aliphatic rings. The van der Waals surface area contributed by atoms with Crippen LogP contribution in [0.25, 0.3) is 0 Å². The minimum Gasteiger partial charge on any atom is -0.247 e. The van der Waals surface area contributed by atoms with Gasteiger partial charge in [0.15, 0.2) is 0 Å². The zero-order valence-electron chi connectivity index (χ0n) is 13.2. The summed E-state index contributed by atoms with van der Waals surface area (Å²) >= 11 is 15.3. The molecule has 1 aliphatic heterocycles. The Morgan fingerprint density at radius 2 is 1.72 bits per heavy atom.